The van der Waals surface area contributed by atoms with Crippen molar-refractivity contribution < 1.29 is 17.9 Å². The molecule has 2 aromatic carbocycles. The van der Waals surface area contributed by atoms with E-state index >= 15 is 0 Å². The third-order valence-corrected chi connectivity index (χ3v) is 7.57. The van der Waals surface area contributed by atoms with Gasteiger partial charge in [0.25, 0.3) is 0 Å². The van der Waals surface area contributed by atoms with Crippen LogP contribution in [0.1, 0.15) is 42.0 Å². The molecule has 162 valence electrons. The smallest absolute Gasteiger partial charge is 0.244 e. The van der Waals surface area contributed by atoms with Gasteiger partial charge in [-0.3, -0.25) is 4.79 Å². The number of carbonyl (C=O) groups excluding carboxylic acids is 1. The Labute approximate surface area is 179 Å². The number of sulfonamides is 1. The molecule has 2 aromatic rings. The van der Waals surface area contributed by atoms with Crippen LogP contribution in [0.15, 0.2) is 41.3 Å². The van der Waals surface area contributed by atoms with Crippen LogP contribution < -0.4 is 10.1 Å². The normalized spacial score (nSPS) is 17.1. The highest BCUT2D eigenvalue weighted by atomic mass is 32.2. The summed E-state index contributed by atoms with van der Waals surface area (Å²) >= 11 is 0. The van der Waals surface area contributed by atoms with Gasteiger partial charge in [0.1, 0.15) is 11.8 Å². The van der Waals surface area contributed by atoms with Gasteiger partial charge in [-0.05, 0) is 69.4 Å². The lowest BCUT2D eigenvalue weighted by Crippen LogP contribution is -2.45. The maximum atomic E-state index is 13.4. The van der Waals surface area contributed by atoms with Crippen LogP contribution in [0.4, 0.5) is 0 Å². The molecule has 7 heteroatoms. The minimum atomic E-state index is -3.76. The highest BCUT2D eigenvalue weighted by molar-refractivity contribution is 7.89. The first-order valence-electron chi connectivity index (χ1n) is 10.3. The van der Waals surface area contributed by atoms with Gasteiger partial charge in [0.05, 0.1) is 11.5 Å². The third kappa shape index (κ3) is 4.68. The monoisotopic (exact) mass is 430 g/mol. The fraction of sp³-hybridized carbons (Fsp3) is 0.435. The largest absolute Gasteiger partial charge is 0.494 e. The Balaban J connectivity index is 1.77. The molecule has 0 bridgehead atoms. The number of amides is 1. The van der Waals surface area contributed by atoms with Crippen molar-refractivity contribution in [3.05, 3.63) is 58.7 Å². The maximum Gasteiger partial charge on any atom is 0.244 e. The van der Waals surface area contributed by atoms with E-state index in [0.29, 0.717) is 48.6 Å². The molecular weight excluding hydrogens is 400 g/mol. The summed E-state index contributed by atoms with van der Waals surface area (Å²) in [4.78, 5) is 13.2. The van der Waals surface area contributed by atoms with Crippen molar-refractivity contribution in [2.75, 3.05) is 13.2 Å². The van der Waals surface area contributed by atoms with E-state index in [-0.39, 0.29) is 5.91 Å². The number of hydrogen-bond donors (Lipinski definition) is 1. The average molecular weight is 431 g/mol. The van der Waals surface area contributed by atoms with Gasteiger partial charge >= 0.3 is 0 Å². The first-order chi connectivity index (χ1) is 14.2. The molecular formula is C23H30N2O4S. The van der Waals surface area contributed by atoms with Crippen LogP contribution in [0.25, 0.3) is 0 Å². The Morgan fingerprint density at radius 1 is 1.17 bits per heavy atom. The molecule has 1 unspecified atom stereocenters. The van der Waals surface area contributed by atoms with Crippen molar-refractivity contribution in [2.24, 2.45) is 0 Å². The first-order valence-corrected chi connectivity index (χ1v) is 11.8. The van der Waals surface area contributed by atoms with Gasteiger partial charge in [0, 0.05) is 13.1 Å². The number of hydrogen-bond acceptors (Lipinski definition) is 4. The van der Waals surface area contributed by atoms with Crippen LogP contribution >= 0.6 is 0 Å². The Kier molecular flexibility index (Phi) is 6.83. The Hall–Kier alpha value is -2.38. The summed E-state index contributed by atoms with van der Waals surface area (Å²) in [7, 11) is -3.76. The van der Waals surface area contributed by atoms with E-state index in [1.165, 1.54) is 4.31 Å². The van der Waals surface area contributed by atoms with Crippen molar-refractivity contribution >= 4 is 15.9 Å². The zero-order valence-electron chi connectivity index (χ0n) is 18.1. The van der Waals surface area contributed by atoms with Gasteiger partial charge in [-0.25, -0.2) is 8.42 Å². The summed E-state index contributed by atoms with van der Waals surface area (Å²) < 4.78 is 33.7. The molecule has 6 nitrogen and oxygen atoms in total. The number of carbonyl (C=O) groups is 1. The lowest BCUT2D eigenvalue weighted by molar-refractivity contribution is -0.124. The molecule has 1 aliphatic heterocycles. The highest BCUT2D eigenvalue weighted by Crippen LogP contribution is 2.30. The summed E-state index contributed by atoms with van der Waals surface area (Å²) in [5.41, 5.74) is 3.36. The molecule has 1 heterocycles. The number of ether oxygens (including phenoxy) is 1. The maximum absolute atomic E-state index is 13.4. The van der Waals surface area contributed by atoms with Crippen molar-refractivity contribution in [1.82, 2.24) is 9.62 Å². The first kappa shape index (κ1) is 22.3. The number of benzene rings is 2. The number of nitrogens with one attached hydrogen (secondary N) is 1. The van der Waals surface area contributed by atoms with Crippen molar-refractivity contribution in [3.8, 4) is 5.75 Å². The quantitative estimate of drug-likeness (QED) is 0.730. The zero-order valence-corrected chi connectivity index (χ0v) is 18.9. The summed E-state index contributed by atoms with van der Waals surface area (Å²) in [5.74, 6) is 0.486. The molecule has 0 saturated carbocycles. The fourth-order valence-corrected chi connectivity index (χ4v) is 6.27. The Bertz CT molecular complexity index is 1010. The zero-order chi connectivity index (χ0) is 21.9. The number of nitrogens with zero attached hydrogens (tertiary/aromatic N) is 1. The van der Waals surface area contributed by atoms with Crippen LogP contribution in [-0.2, 0) is 21.4 Å². The van der Waals surface area contributed by atoms with Crippen LogP contribution in [0.3, 0.4) is 0 Å². The van der Waals surface area contributed by atoms with Gasteiger partial charge in [-0.1, -0.05) is 29.8 Å². The molecule has 0 aromatic heterocycles. The molecule has 1 saturated heterocycles. The van der Waals surface area contributed by atoms with Gasteiger partial charge in [-0.2, -0.15) is 4.31 Å². The average Bonchev–Trinajstić information content (AvgIpc) is 3.16. The predicted octanol–water partition coefficient (Wildman–Crippen LogP) is 3.48. The topological polar surface area (TPSA) is 75.7 Å². The Morgan fingerprint density at radius 2 is 1.87 bits per heavy atom. The van der Waals surface area contributed by atoms with Crippen LogP contribution in [-0.4, -0.2) is 37.8 Å². The lowest BCUT2D eigenvalue weighted by atomic mass is 10.1. The molecule has 1 N–H and O–H groups in total. The molecule has 1 atom stereocenters. The number of rotatable bonds is 7. The van der Waals surface area contributed by atoms with E-state index < -0.39 is 16.1 Å². The molecule has 1 amide bonds. The summed E-state index contributed by atoms with van der Waals surface area (Å²) in [6, 6.07) is 10.6. The Morgan fingerprint density at radius 3 is 2.53 bits per heavy atom. The fourth-order valence-electron chi connectivity index (χ4n) is 4.20. The second-order valence-electron chi connectivity index (χ2n) is 7.80. The molecule has 0 aliphatic carbocycles. The number of aryl methyl sites for hydroxylation is 3. The molecule has 0 spiro atoms. The molecule has 1 aliphatic rings. The minimum Gasteiger partial charge on any atom is -0.494 e. The predicted molar refractivity (Wildman–Crippen MR) is 117 cm³/mol. The second-order valence-corrected chi connectivity index (χ2v) is 9.63. The second kappa shape index (κ2) is 9.18. The van der Waals surface area contributed by atoms with Gasteiger partial charge in [0.15, 0.2) is 0 Å². The minimum absolute atomic E-state index is 0.264. The van der Waals surface area contributed by atoms with Gasteiger partial charge in [0.2, 0.25) is 15.9 Å². The SMILES string of the molecule is CCOc1cccc(CNC(=O)C2CCCN2S(=O)(=O)c2c(C)cc(C)cc2C)c1. The molecule has 0 radical (unpaired) electrons. The lowest BCUT2D eigenvalue weighted by Gasteiger charge is -2.25. The summed E-state index contributed by atoms with van der Waals surface area (Å²) in [6.07, 6.45) is 1.19. The highest BCUT2D eigenvalue weighted by Gasteiger charge is 2.40. The van der Waals surface area contributed by atoms with Crippen molar-refractivity contribution in [2.45, 2.75) is 58.0 Å². The third-order valence-electron chi connectivity index (χ3n) is 5.35. The standard InChI is InChI=1S/C23H30N2O4S/c1-5-29-20-9-6-8-19(14-20)15-24-23(26)21-10-7-11-25(21)30(27,28)22-17(3)12-16(2)13-18(22)4/h6,8-9,12-14,21H,5,7,10-11,15H2,1-4H3,(H,24,26). The van der Waals surface area contributed by atoms with Crippen molar-refractivity contribution in [1.29, 1.82) is 0 Å². The van der Waals surface area contributed by atoms with Crippen molar-refractivity contribution in [3.63, 3.8) is 0 Å². The van der Waals surface area contributed by atoms with E-state index in [1.807, 2.05) is 64.1 Å². The van der Waals surface area contributed by atoms with Gasteiger partial charge < -0.3 is 10.1 Å². The van der Waals surface area contributed by atoms with E-state index in [1.54, 1.807) is 0 Å². The molecule has 3 rings (SSSR count). The van der Waals surface area contributed by atoms with E-state index in [9.17, 15) is 13.2 Å². The van der Waals surface area contributed by atoms with Crippen LogP contribution in [0.2, 0.25) is 0 Å². The molecule has 30 heavy (non-hydrogen) atoms. The van der Waals surface area contributed by atoms with E-state index in [0.717, 1.165) is 16.9 Å². The summed E-state index contributed by atoms with van der Waals surface area (Å²) in [5, 5.41) is 2.90. The van der Waals surface area contributed by atoms with Crippen LogP contribution in [0, 0.1) is 20.8 Å². The van der Waals surface area contributed by atoms with E-state index in [2.05, 4.69) is 5.32 Å². The summed E-state index contributed by atoms with van der Waals surface area (Å²) in [6.45, 7) is 8.74. The molecule has 1 fully saturated rings. The van der Waals surface area contributed by atoms with Gasteiger partial charge in [-0.15, -0.1) is 0 Å². The van der Waals surface area contributed by atoms with E-state index in [4.69, 9.17) is 4.74 Å². The van der Waals surface area contributed by atoms with Crippen LogP contribution in [0.5, 0.6) is 5.75 Å².